The minimum Gasteiger partial charge on any atom is -0.494 e. The van der Waals surface area contributed by atoms with Gasteiger partial charge in [-0.2, -0.15) is 0 Å². The fraction of sp³-hybridized carbons (Fsp3) is 0.444. The van der Waals surface area contributed by atoms with Gasteiger partial charge < -0.3 is 14.5 Å². The van der Waals surface area contributed by atoms with Crippen LogP contribution in [0.1, 0.15) is 50.5 Å². The first-order valence-electron chi connectivity index (χ1n) is 7.84. The van der Waals surface area contributed by atoms with E-state index in [0.717, 1.165) is 43.9 Å². The number of rotatable bonds is 9. The van der Waals surface area contributed by atoms with E-state index in [1.54, 1.807) is 6.26 Å². The molecule has 2 aromatic rings. The van der Waals surface area contributed by atoms with Gasteiger partial charge in [0.05, 0.1) is 18.9 Å². The minimum absolute atomic E-state index is 0.102. The van der Waals surface area contributed by atoms with Gasteiger partial charge in [-0.15, -0.1) is 0 Å². The summed E-state index contributed by atoms with van der Waals surface area (Å²) < 4.78 is 11.3. The molecule has 1 N–H and O–H groups in total. The third-order valence-corrected chi connectivity index (χ3v) is 3.41. The molecule has 0 aliphatic rings. The van der Waals surface area contributed by atoms with Gasteiger partial charge in [-0.1, -0.05) is 32.4 Å². The lowest BCUT2D eigenvalue weighted by Gasteiger charge is -2.17. The van der Waals surface area contributed by atoms with Gasteiger partial charge in [0, 0.05) is 0 Å². The van der Waals surface area contributed by atoms with Gasteiger partial charge in [-0.05, 0) is 49.2 Å². The fourth-order valence-electron chi connectivity index (χ4n) is 2.22. The zero-order valence-corrected chi connectivity index (χ0v) is 13.0. The number of ether oxygens (including phenoxy) is 1. The van der Waals surface area contributed by atoms with Crippen LogP contribution >= 0.6 is 0 Å². The van der Waals surface area contributed by atoms with Gasteiger partial charge >= 0.3 is 0 Å². The van der Waals surface area contributed by atoms with Crippen LogP contribution in [0.15, 0.2) is 47.1 Å². The van der Waals surface area contributed by atoms with E-state index in [1.165, 1.54) is 5.56 Å². The van der Waals surface area contributed by atoms with Gasteiger partial charge in [-0.3, -0.25) is 0 Å². The van der Waals surface area contributed by atoms with Crippen LogP contribution in [-0.4, -0.2) is 13.2 Å². The zero-order chi connectivity index (χ0) is 14.9. The van der Waals surface area contributed by atoms with E-state index < -0.39 is 0 Å². The summed E-state index contributed by atoms with van der Waals surface area (Å²) in [6, 6.07) is 12.3. The maximum Gasteiger partial charge on any atom is 0.125 e. The molecule has 114 valence electrons. The van der Waals surface area contributed by atoms with Crippen LogP contribution in [0, 0.1) is 0 Å². The molecule has 1 heterocycles. The lowest BCUT2D eigenvalue weighted by atomic mass is 10.0. The molecule has 0 saturated carbocycles. The lowest BCUT2D eigenvalue weighted by Crippen LogP contribution is -2.22. The van der Waals surface area contributed by atoms with Crippen LogP contribution < -0.4 is 10.1 Å². The van der Waals surface area contributed by atoms with E-state index >= 15 is 0 Å². The molecule has 0 aliphatic heterocycles. The van der Waals surface area contributed by atoms with Crippen molar-refractivity contribution in [3.05, 3.63) is 54.0 Å². The highest BCUT2D eigenvalue weighted by atomic mass is 16.5. The number of hydrogen-bond donors (Lipinski definition) is 1. The molecule has 0 amide bonds. The van der Waals surface area contributed by atoms with Crippen molar-refractivity contribution in [1.29, 1.82) is 0 Å². The number of hydrogen-bond acceptors (Lipinski definition) is 3. The van der Waals surface area contributed by atoms with Crippen LogP contribution in [0.25, 0.3) is 0 Å². The van der Waals surface area contributed by atoms with Gasteiger partial charge in [0.15, 0.2) is 0 Å². The molecule has 0 spiro atoms. The quantitative estimate of drug-likeness (QED) is 0.687. The SMILES string of the molecule is CCCCOc1ccc(C(NCCC)c2ccco2)cc1. The van der Waals surface area contributed by atoms with E-state index in [4.69, 9.17) is 9.15 Å². The molecule has 0 bridgehead atoms. The Morgan fingerprint density at radius 1 is 1.10 bits per heavy atom. The molecular formula is C18H25NO2. The molecule has 21 heavy (non-hydrogen) atoms. The third-order valence-electron chi connectivity index (χ3n) is 3.41. The summed E-state index contributed by atoms with van der Waals surface area (Å²) in [7, 11) is 0. The summed E-state index contributed by atoms with van der Waals surface area (Å²) >= 11 is 0. The highest BCUT2D eigenvalue weighted by Crippen LogP contribution is 2.24. The van der Waals surface area contributed by atoms with Gasteiger partial charge in [0.25, 0.3) is 0 Å². The molecule has 3 heteroatoms. The first kappa shape index (κ1) is 15.6. The van der Waals surface area contributed by atoms with E-state index in [1.807, 2.05) is 24.3 Å². The van der Waals surface area contributed by atoms with E-state index in [2.05, 4.69) is 31.3 Å². The van der Waals surface area contributed by atoms with Crippen molar-refractivity contribution >= 4 is 0 Å². The maximum atomic E-state index is 5.71. The van der Waals surface area contributed by atoms with E-state index in [0.29, 0.717) is 0 Å². The topological polar surface area (TPSA) is 34.4 Å². The first-order valence-corrected chi connectivity index (χ1v) is 7.84. The number of nitrogens with one attached hydrogen (secondary N) is 1. The molecule has 0 fully saturated rings. The van der Waals surface area contributed by atoms with Gasteiger partial charge in [-0.25, -0.2) is 0 Å². The Kier molecular flexibility index (Phi) is 6.35. The smallest absolute Gasteiger partial charge is 0.125 e. The van der Waals surface area contributed by atoms with Crippen LogP contribution in [0.3, 0.4) is 0 Å². The molecule has 3 nitrogen and oxygen atoms in total. The molecular weight excluding hydrogens is 262 g/mol. The van der Waals surface area contributed by atoms with Crippen molar-refractivity contribution in [2.75, 3.05) is 13.2 Å². The second-order valence-electron chi connectivity index (χ2n) is 5.17. The molecule has 1 aromatic carbocycles. The second-order valence-corrected chi connectivity index (χ2v) is 5.17. The highest BCUT2D eigenvalue weighted by Gasteiger charge is 2.15. The first-order chi connectivity index (χ1) is 10.3. The van der Waals surface area contributed by atoms with Crippen molar-refractivity contribution in [3.63, 3.8) is 0 Å². The van der Waals surface area contributed by atoms with Crippen LogP contribution in [0.2, 0.25) is 0 Å². The summed E-state index contributed by atoms with van der Waals surface area (Å²) in [5, 5.41) is 3.53. The Morgan fingerprint density at radius 3 is 2.52 bits per heavy atom. The van der Waals surface area contributed by atoms with Crippen molar-refractivity contribution in [3.8, 4) is 5.75 Å². The van der Waals surface area contributed by atoms with E-state index in [-0.39, 0.29) is 6.04 Å². The van der Waals surface area contributed by atoms with Gasteiger partial charge in [0.2, 0.25) is 0 Å². The summed E-state index contributed by atoms with van der Waals surface area (Å²) in [5.41, 5.74) is 1.20. The molecule has 1 atom stereocenters. The van der Waals surface area contributed by atoms with Gasteiger partial charge in [0.1, 0.15) is 11.5 Å². The molecule has 0 radical (unpaired) electrons. The predicted molar refractivity (Wildman–Crippen MR) is 85.7 cm³/mol. The summed E-state index contributed by atoms with van der Waals surface area (Å²) in [4.78, 5) is 0. The van der Waals surface area contributed by atoms with E-state index in [9.17, 15) is 0 Å². The Bertz CT molecular complexity index is 490. The summed E-state index contributed by atoms with van der Waals surface area (Å²) in [6.45, 7) is 6.07. The maximum absolute atomic E-state index is 5.71. The largest absolute Gasteiger partial charge is 0.494 e. The van der Waals surface area contributed by atoms with Crippen molar-refractivity contribution < 1.29 is 9.15 Å². The average molecular weight is 287 g/mol. The highest BCUT2D eigenvalue weighted by molar-refractivity contribution is 5.32. The molecule has 1 unspecified atom stereocenters. The molecule has 2 rings (SSSR count). The number of unbranched alkanes of at least 4 members (excludes halogenated alkanes) is 1. The minimum atomic E-state index is 0.102. The Morgan fingerprint density at radius 2 is 1.90 bits per heavy atom. The Labute approximate surface area is 127 Å². The fourth-order valence-corrected chi connectivity index (χ4v) is 2.22. The normalized spacial score (nSPS) is 12.3. The second kappa shape index (κ2) is 8.53. The van der Waals surface area contributed by atoms with Crippen LogP contribution in [-0.2, 0) is 0 Å². The number of furan rings is 1. The van der Waals surface area contributed by atoms with Crippen molar-refractivity contribution in [2.24, 2.45) is 0 Å². The summed E-state index contributed by atoms with van der Waals surface area (Å²) in [6.07, 6.45) is 5.06. The standard InChI is InChI=1S/C18H25NO2/c1-3-5-13-20-16-10-8-15(9-11-16)18(19-12-4-2)17-7-6-14-21-17/h6-11,14,18-19H,3-5,12-13H2,1-2H3. The number of benzene rings is 1. The lowest BCUT2D eigenvalue weighted by molar-refractivity contribution is 0.309. The molecule has 1 aromatic heterocycles. The Hall–Kier alpha value is -1.74. The summed E-state index contributed by atoms with van der Waals surface area (Å²) in [5.74, 6) is 1.88. The molecule has 0 aliphatic carbocycles. The average Bonchev–Trinajstić information content (AvgIpc) is 3.03. The van der Waals surface area contributed by atoms with Crippen LogP contribution in [0.5, 0.6) is 5.75 Å². The van der Waals surface area contributed by atoms with Crippen LogP contribution in [0.4, 0.5) is 0 Å². The Balaban J connectivity index is 2.06. The molecule has 0 saturated heterocycles. The third kappa shape index (κ3) is 4.64. The predicted octanol–water partition coefficient (Wildman–Crippen LogP) is 4.55. The van der Waals surface area contributed by atoms with Crippen molar-refractivity contribution in [2.45, 2.75) is 39.2 Å². The zero-order valence-electron chi connectivity index (χ0n) is 13.0. The van der Waals surface area contributed by atoms with Crippen molar-refractivity contribution in [1.82, 2.24) is 5.32 Å². The monoisotopic (exact) mass is 287 g/mol.